The van der Waals surface area contributed by atoms with Crippen LogP contribution in [0.15, 0.2) is 54.1 Å². The van der Waals surface area contributed by atoms with Gasteiger partial charge < -0.3 is 0 Å². The van der Waals surface area contributed by atoms with Gasteiger partial charge in [0.2, 0.25) is 0 Å². The average molecular weight is 408 g/mol. The maximum Gasteiger partial charge on any atom is 0.0713 e. The van der Waals surface area contributed by atoms with Crippen molar-refractivity contribution in [3.63, 3.8) is 0 Å². The van der Waals surface area contributed by atoms with Crippen molar-refractivity contribution in [3.8, 4) is 0 Å². The maximum absolute atomic E-state index is 2.62. The standard InChI is InChI=1S/C28H43Si/c1-27(2)25(23-17-15-16-18-23)21-13-8-6-7-9-14-22-26(28(27,3)4)29(5)24-19-11-10-12-20-24/h10-12,15-17,19-20,26,29H,6-9,13-14,18,21-22H2,1-5H3. The molecule has 0 heterocycles. The van der Waals surface area contributed by atoms with Crippen LogP contribution in [0.25, 0.3) is 0 Å². The van der Waals surface area contributed by atoms with E-state index in [-0.39, 0.29) is 5.41 Å². The zero-order valence-electron chi connectivity index (χ0n) is 19.6. The highest BCUT2D eigenvalue weighted by atomic mass is 28.3. The number of rotatable bonds is 3. The quantitative estimate of drug-likeness (QED) is 0.449. The van der Waals surface area contributed by atoms with Crippen molar-refractivity contribution < 1.29 is 0 Å². The van der Waals surface area contributed by atoms with Gasteiger partial charge in [0.05, 0.1) is 8.80 Å². The van der Waals surface area contributed by atoms with Crippen LogP contribution in [-0.4, -0.2) is 8.80 Å². The molecule has 1 heteroatoms. The molecule has 159 valence electrons. The van der Waals surface area contributed by atoms with Crippen LogP contribution in [0.1, 0.15) is 85.5 Å². The summed E-state index contributed by atoms with van der Waals surface area (Å²) in [5.41, 5.74) is 2.97. The third-order valence-electron chi connectivity index (χ3n) is 8.57. The van der Waals surface area contributed by atoms with Gasteiger partial charge in [-0.15, -0.1) is 0 Å². The smallest absolute Gasteiger partial charge is 0.0713 e. The molecule has 0 spiro atoms. The molecule has 1 fully saturated rings. The molecule has 29 heavy (non-hydrogen) atoms. The lowest BCUT2D eigenvalue weighted by Crippen LogP contribution is -2.48. The molecule has 2 aliphatic carbocycles. The molecule has 3 rings (SSSR count). The van der Waals surface area contributed by atoms with Crippen molar-refractivity contribution in [2.24, 2.45) is 10.8 Å². The van der Waals surface area contributed by atoms with Crippen LogP contribution in [0, 0.1) is 16.7 Å². The summed E-state index contributed by atoms with van der Waals surface area (Å²) in [5, 5.41) is 1.65. The Morgan fingerprint density at radius 3 is 2.17 bits per heavy atom. The fourth-order valence-corrected chi connectivity index (χ4v) is 9.69. The van der Waals surface area contributed by atoms with E-state index in [0.717, 1.165) is 12.0 Å². The Balaban J connectivity index is 1.97. The lowest BCUT2D eigenvalue weighted by Gasteiger charge is -2.53. The second kappa shape index (κ2) is 9.82. The van der Waals surface area contributed by atoms with Gasteiger partial charge in [0.15, 0.2) is 0 Å². The van der Waals surface area contributed by atoms with Crippen molar-refractivity contribution in [2.45, 2.75) is 97.6 Å². The van der Waals surface area contributed by atoms with Crippen LogP contribution in [0.2, 0.25) is 12.1 Å². The number of benzene rings is 1. The third kappa shape index (κ3) is 4.98. The monoisotopic (exact) mass is 407 g/mol. The molecule has 1 aromatic rings. The highest BCUT2D eigenvalue weighted by molar-refractivity contribution is 6.73. The van der Waals surface area contributed by atoms with E-state index in [1.54, 1.807) is 16.7 Å². The van der Waals surface area contributed by atoms with Gasteiger partial charge in [0, 0.05) is 5.92 Å². The first-order chi connectivity index (χ1) is 13.9. The summed E-state index contributed by atoms with van der Waals surface area (Å²) >= 11 is 0. The highest BCUT2D eigenvalue weighted by Gasteiger charge is 2.49. The maximum atomic E-state index is 2.62. The summed E-state index contributed by atoms with van der Waals surface area (Å²) < 4.78 is 0. The van der Waals surface area contributed by atoms with Crippen molar-refractivity contribution in [1.82, 2.24) is 0 Å². The molecule has 0 aromatic heterocycles. The van der Waals surface area contributed by atoms with Crippen molar-refractivity contribution in [3.05, 3.63) is 60.1 Å². The summed E-state index contributed by atoms with van der Waals surface area (Å²) in [6.45, 7) is 13.0. The van der Waals surface area contributed by atoms with Crippen molar-refractivity contribution >= 4 is 14.0 Å². The molecular weight excluding hydrogens is 364 g/mol. The molecule has 0 bridgehead atoms. The molecule has 1 saturated carbocycles. The molecule has 2 aliphatic rings. The van der Waals surface area contributed by atoms with E-state index in [2.05, 4.69) is 82.8 Å². The van der Waals surface area contributed by atoms with E-state index < -0.39 is 8.80 Å². The predicted molar refractivity (Wildman–Crippen MR) is 132 cm³/mol. The molecule has 1 radical (unpaired) electrons. The molecule has 0 N–H and O–H groups in total. The molecule has 0 aliphatic heterocycles. The molecule has 2 unspecified atom stereocenters. The van der Waals surface area contributed by atoms with Gasteiger partial charge in [0.25, 0.3) is 0 Å². The SMILES string of the molecule is C[SiH](c1ccccc1)C1CCCCCCCC[C](C2=CC=CC2)C(C)(C)C1(C)C. The van der Waals surface area contributed by atoms with Gasteiger partial charge in [-0.25, -0.2) is 0 Å². The molecule has 1 aromatic carbocycles. The van der Waals surface area contributed by atoms with Gasteiger partial charge in [-0.1, -0.05) is 139 Å². The lowest BCUT2D eigenvalue weighted by molar-refractivity contribution is 0.105. The van der Waals surface area contributed by atoms with E-state index in [0.29, 0.717) is 5.41 Å². The van der Waals surface area contributed by atoms with Gasteiger partial charge >= 0.3 is 0 Å². The van der Waals surface area contributed by atoms with E-state index >= 15 is 0 Å². The second-order valence-corrected chi connectivity index (χ2v) is 13.7. The van der Waals surface area contributed by atoms with Gasteiger partial charge in [-0.3, -0.25) is 0 Å². The van der Waals surface area contributed by atoms with Crippen LogP contribution in [-0.2, 0) is 0 Å². The molecule has 2 atom stereocenters. The Bertz CT molecular complexity index is 694. The first kappa shape index (κ1) is 22.6. The highest BCUT2D eigenvalue weighted by Crippen LogP contribution is 2.58. The second-order valence-electron chi connectivity index (χ2n) is 10.6. The van der Waals surface area contributed by atoms with E-state index in [9.17, 15) is 0 Å². The van der Waals surface area contributed by atoms with E-state index in [1.807, 2.05) is 0 Å². The average Bonchev–Trinajstić information content (AvgIpc) is 3.22. The summed E-state index contributed by atoms with van der Waals surface area (Å²) in [6.07, 6.45) is 19.3. The Morgan fingerprint density at radius 1 is 0.862 bits per heavy atom. The Labute approximate surface area is 182 Å². The molecule has 0 nitrogen and oxygen atoms in total. The Kier molecular flexibility index (Phi) is 7.65. The Morgan fingerprint density at radius 2 is 1.52 bits per heavy atom. The van der Waals surface area contributed by atoms with Gasteiger partial charge in [-0.05, 0) is 29.2 Å². The van der Waals surface area contributed by atoms with Crippen LogP contribution in [0.4, 0.5) is 0 Å². The predicted octanol–water partition coefficient (Wildman–Crippen LogP) is 7.77. The van der Waals surface area contributed by atoms with Crippen LogP contribution in [0.5, 0.6) is 0 Å². The van der Waals surface area contributed by atoms with Crippen LogP contribution < -0.4 is 5.19 Å². The zero-order valence-corrected chi connectivity index (χ0v) is 20.8. The fourth-order valence-electron chi connectivity index (χ4n) is 6.00. The summed E-state index contributed by atoms with van der Waals surface area (Å²) in [5.74, 6) is 1.76. The molecular formula is C28H43Si. The summed E-state index contributed by atoms with van der Waals surface area (Å²) in [6, 6.07) is 11.5. The Hall–Kier alpha value is -1.08. The topological polar surface area (TPSA) is 0 Å². The first-order valence-electron chi connectivity index (χ1n) is 12.1. The van der Waals surface area contributed by atoms with Crippen molar-refractivity contribution in [2.75, 3.05) is 0 Å². The minimum absolute atomic E-state index is 0.227. The van der Waals surface area contributed by atoms with E-state index in [1.165, 1.54) is 51.4 Å². The largest absolute Gasteiger partial charge is 0.0804 e. The van der Waals surface area contributed by atoms with Gasteiger partial charge in [0.1, 0.15) is 0 Å². The first-order valence-corrected chi connectivity index (χ1v) is 14.5. The normalized spacial score (nSPS) is 26.9. The van der Waals surface area contributed by atoms with Crippen molar-refractivity contribution in [1.29, 1.82) is 0 Å². The molecule has 0 amide bonds. The number of allylic oxidation sites excluding steroid dienone is 4. The minimum atomic E-state index is -1.07. The number of hydrogen-bond acceptors (Lipinski definition) is 0. The van der Waals surface area contributed by atoms with Crippen LogP contribution in [0.3, 0.4) is 0 Å². The van der Waals surface area contributed by atoms with Crippen LogP contribution >= 0.6 is 0 Å². The fraction of sp³-hybridized carbons (Fsp3) is 0.607. The number of hydrogen-bond donors (Lipinski definition) is 0. The summed E-state index contributed by atoms with van der Waals surface area (Å²) in [4.78, 5) is 0. The van der Waals surface area contributed by atoms with Gasteiger partial charge in [-0.2, -0.15) is 0 Å². The minimum Gasteiger partial charge on any atom is -0.0804 e. The zero-order chi connectivity index (χ0) is 20.9. The summed E-state index contributed by atoms with van der Waals surface area (Å²) in [7, 11) is -1.07. The third-order valence-corrected chi connectivity index (χ3v) is 12.4. The van der Waals surface area contributed by atoms with E-state index in [4.69, 9.17) is 0 Å². The molecule has 0 saturated heterocycles. The lowest BCUT2D eigenvalue weighted by atomic mass is 9.56.